The van der Waals surface area contributed by atoms with E-state index in [1.54, 1.807) is 19.1 Å². The highest BCUT2D eigenvalue weighted by Gasteiger charge is 2.14. The highest BCUT2D eigenvalue weighted by Crippen LogP contribution is 2.19. The Kier molecular flexibility index (Phi) is 6.71. The third kappa shape index (κ3) is 5.74. The van der Waals surface area contributed by atoms with Crippen LogP contribution in [0.1, 0.15) is 31.7 Å². The quantitative estimate of drug-likeness (QED) is 0.456. The van der Waals surface area contributed by atoms with Crippen LogP contribution in [0, 0.1) is 0 Å². The second kappa shape index (κ2) is 9.05. The normalized spacial score (nSPS) is 18.7. The molecule has 2 rings (SSSR count). The zero-order chi connectivity index (χ0) is 15.6. The van der Waals surface area contributed by atoms with Crippen molar-refractivity contribution in [1.29, 1.82) is 0 Å². The van der Waals surface area contributed by atoms with E-state index in [4.69, 9.17) is 14.2 Å². The first-order valence-corrected chi connectivity index (χ1v) is 7.68. The fourth-order valence-electron chi connectivity index (χ4n) is 2.10. The van der Waals surface area contributed by atoms with Gasteiger partial charge in [-0.15, -0.1) is 0 Å². The monoisotopic (exact) mass is 302 g/mol. The van der Waals surface area contributed by atoms with E-state index in [2.05, 4.69) is 0 Å². The number of carbonyl (C=O) groups is 1. The minimum atomic E-state index is -0.330. The summed E-state index contributed by atoms with van der Waals surface area (Å²) in [7, 11) is 0. The van der Waals surface area contributed by atoms with E-state index >= 15 is 0 Å². The van der Waals surface area contributed by atoms with Crippen molar-refractivity contribution >= 4 is 12.0 Å². The van der Waals surface area contributed by atoms with Gasteiger partial charge in [0.05, 0.1) is 13.2 Å². The Bertz CT molecular complexity index is 510. The molecule has 1 aromatic carbocycles. The van der Waals surface area contributed by atoms with Crippen LogP contribution in [0.5, 0.6) is 5.75 Å². The molecule has 1 fully saturated rings. The Balaban J connectivity index is 1.82. The zero-order valence-corrected chi connectivity index (χ0v) is 12.9. The second-order valence-corrected chi connectivity index (χ2v) is 4.95. The van der Waals surface area contributed by atoms with Crippen LogP contribution in [0.3, 0.4) is 0 Å². The number of hydrogen-bond acceptors (Lipinski definition) is 4. The Morgan fingerprint density at radius 2 is 2.09 bits per heavy atom. The van der Waals surface area contributed by atoms with E-state index in [0.29, 0.717) is 6.61 Å². The van der Waals surface area contributed by atoms with Crippen molar-refractivity contribution in [2.75, 3.05) is 13.2 Å². The van der Waals surface area contributed by atoms with Crippen molar-refractivity contribution in [2.24, 2.45) is 0 Å². The van der Waals surface area contributed by atoms with Crippen LogP contribution in [-0.2, 0) is 14.3 Å². The maximum atomic E-state index is 11.1. The molecule has 118 valence electrons. The van der Waals surface area contributed by atoms with Gasteiger partial charge in [0.1, 0.15) is 5.75 Å². The minimum Gasteiger partial charge on any atom is -0.465 e. The Morgan fingerprint density at radius 3 is 2.77 bits per heavy atom. The van der Waals surface area contributed by atoms with Crippen molar-refractivity contribution in [3.8, 4) is 5.75 Å². The van der Waals surface area contributed by atoms with Gasteiger partial charge in [-0.2, -0.15) is 0 Å². The molecule has 0 radical (unpaired) electrons. The second-order valence-electron chi connectivity index (χ2n) is 4.95. The first kappa shape index (κ1) is 16.3. The summed E-state index contributed by atoms with van der Waals surface area (Å²) in [5.41, 5.74) is 1.03. The fraction of sp³-hybridized carbons (Fsp3) is 0.389. The molecule has 1 unspecified atom stereocenters. The van der Waals surface area contributed by atoms with E-state index in [0.717, 1.165) is 37.2 Å². The van der Waals surface area contributed by atoms with E-state index < -0.39 is 0 Å². The number of esters is 1. The number of ether oxygens (including phenoxy) is 3. The van der Waals surface area contributed by atoms with Crippen LogP contribution in [-0.4, -0.2) is 25.5 Å². The van der Waals surface area contributed by atoms with Gasteiger partial charge in [0.2, 0.25) is 0 Å². The number of benzene rings is 1. The summed E-state index contributed by atoms with van der Waals surface area (Å²) in [5, 5.41) is 0. The smallest absolute Gasteiger partial charge is 0.330 e. The zero-order valence-electron chi connectivity index (χ0n) is 12.9. The van der Waals surface area contributed by atoms with Gasteiger partial charge in [-0.1, -0.05) is 30.4 Å². The number of rotatable bonds is 6. The summed E-state index contributed by atoms with van der Waals surface area (Å²) in [5.74, 6) is 0.481. The van der Waals surface area contributed by atoms with Gasteiger partial charge < -0.3 is 14.2 Å². The van der Waals surface area contributed by atoms with E-state index in [1.807, 2.05) is 30.3 Å². The molecule has 0 saturated carbocycles. The van der Waals surface area contributed by atoms with Crippen LogP contribution in [0.4, 0.5) is 0 Å². The van der Waals surface area contributed by atoms with Crippen molar-refractivity contribution in [1.82, 2.24) is 0 Å². The van der Waals surface area contributed by atoms with Crippen molar-refractivity contribution < 1.29 is 19.0 Å². The number of hydrogen-bond donors (Lipinski definition) is 0. The predicted molar refractivity (Wildman–Crippen MR) is 85.5 cm³/mol. The van der Waals surface area contributed by atoms with Gasteiger partial charge in [-0.3, -0.25) is 0 Å². The Morgan fingerprint density at radius 1 is 1.27 bits per heavy atom. The molecule has 1 aliphatic rings. The largest absolute Gasteiger partial charge is 0.465 e. The van der Waals surface area contributed by atoms with Crippen molar-refractivity contribution in [3.63, 3.8) is 0 Å². The highest BCUT2D eigenvalue weighted by atomic mass is 16.7. The lowest BCUT2D eigenvalue weighted by atomic mass is 10.2. The molecule has 1 aliphatic heterocycles. The first-order chi connectivity index (χ1) is 10.8. The van der Waals surface area contributed by atoms with Crippen LogP contribution in [0.2, 0.25) is 0 Å². The maximum absolute atomic E-state index is 11.1. The first-order valence-electron chi connectivity index (χ1n) is 7.68. The highest BCUT2D eigenvalue weighted by molar-refractivity contribution is 5.82. The lowest BCUT2D eigenvalue weighted by Crippen LogP contribution is -2.24. The molecule has 22 heavy (non-hydrogen) atoms. The minimum absolute atomic E-state index is 0.123. The third-order valence-corrected chi connectivity index (χ3v) is 3.20. The number of allylic oxidation sites excluding steroid dienone is 2. The van der Waals surface area contributed by atoms with Gasteiger partial charge in [-0.25, -0.2) is 4.79 Å². The Labute approximate surface area is 131 Å². The lowest BCUT2D eigenvalue weighted by Gasteiger charge is -2.23. The maximum Gasteiger partial charge on any atom is 0.330 e. The van der Waals surface area contributed by atoms with Gasteiger partial charge in [0, 0.05) is 12.5 Å². The molecular formula is C18H22O4. The average molecular weight is 302 g/mol. The molecule has 0 aliphatic carbocycles. The molecule has 1 aromatic rings. The molecule has 1 heterocycles. The van der Waals surface area contributed by atoms with E-state index in [1.165, 1.54) is 6.08 Å². The third-order valence-electron chi connectivity index (χ3n) is 3.20. The van der Waals surface area contributed by atoms with Gasteiger partial charge in [-0.05, 0) is 37.5 Å². The molecule has 1 saturated heterocycles. The molecule has 0 bridgehead atoms. The molecule has 4 heteroatoms. The molecule has 0 aromatic heterocycles. The van der Waals surface area contributed by atoms with Gasteiger partial charge >= 0.3 is 5.97 Å². The summed E-state index contributed by atoms with van der Waals surface area (Å²) in [6.07, 6.45) is 9.87. The van der Waals surface area contributed by atoms with E-state index in [9.17, 15) is 4.79 Å². The fourth-order valence-corrected chi connectivity index (χ4v) is 2.10. The topological polar surface area (TPSA) is 44.8 Å². The summed E-state index contributed by atoms with van der Waals surface area (Å²) in [6, 6.07) is 7.78. The summed E-state index contributed by atoms with van der Waals surface area (Å²) in [6.45, 7) is 2.95. The predicted octanol–water partition coefficient (Wildman–Crippen LogP) is 3.72. The molecular weight excluding hydrogens is 280 g/mol. The van der Waals surface area contributed by atoms with Crippen LogP contribution in [0.25, 0.3) is 6.08 Å². The molecule has 4 nitrogen and oxygen atoms in total. The lowest BCUT2D eigenvalue weighted by molar-refractivity contribution is -0.137. The van der Waals surface area contributed by atoms with Gasteiger partial charge in [0.15, 0.2) is 6.29 Å². The van der Waals surface area contributed by atoms with Gasteiger partial charge in [0.25, 0.3) is 0 Å². The summed E-state index contributed by atoms with van der Waals surface area (Å²) >= 11 is 0. The SMILES string of the molecule is CCOC(=O)/C=C/C=C/c1ccc(OC2CCCCO2)cc1. The molecule has 0 amide bonds. The van der Waals surface area contributed by atoms with Crippen LogP contribution < -0.4 is 4.74 Å². The Hall–Kier alpha value is -2.07. The van der Waals surface area contributed by atoms with Crippen LogP contribution >= 0.6 is 0 Å². The summed E-state index contributed by atoms with van der Waals surface area (Å²) < 4.78 is 16.1. The average Bonchev–Trinajstić information content (AvgIpc) is 2.54. The summed E-state index contributed by atoms with van der Waals surface area (Å²) in [4.78, 5) is 11.1. The molecule has 0 spiro atoms. The van der Waals surface area contributed by atoms with E-state index in [-0.39, 0.29) is 12.3 Å². The molecule has 1 atom stereocenters. The van der Waals surface area contributed by atoms with Crippen molar-refractivity contribution in [2.45, 2.75) is 32.5 Å². The standard InChI is InChI=1S/C18H22O4/c1-2-20-17(19)8-4-3-7-15-10-12-16(13-11-15)22-18-9-5-6-14-21-18/h3-4,7-8,10-13,18H,2,5-6,9,14H2,1H3/b7-3+,8-4+. The number of carbonyl (C=O) groups excluding carboxylic acids is 1. The van der Waals surface area contributed by atoms with Crippen LogP contribution in [0.15, 0.2) is 42.5 Å². The van der Waals surface area contributed by atoms with Crippen molar-refractivity contribution in [3.05, 3.63) is 48.1 Å². The molecule has 0 N–H and O–H groups in total.